The summed E-state index contributed by atoms with van der Waals surface area (Å²) in [5, 5.41) is 3.02. The van der Waals surface area contributed by atoms with E-state index in [-0.39, 0.29) is 12.0 Å². The second-order valence-electron chi connectivity index (χ2n) is 3.08. The van der Waals surface area contributed by atoms with Crippen LogP contribution in [0.3, 0.4) is 0 Å². The minimum absolute atomic E-state index is 0.265. The van der Waals surface area contributed by atoms with Crippen molar-refractivity contribution in [3.05, 3.63) is 18.2 Å². The number of esters is 1. The molecule has 1 atom stereocenters. The van der Waals surface area contributed by atoms with E-state index >= 15 is 0 Å². The number of aryl methyl sites for hydroxylation is 1. The predicted molar refractivity (Wildman–Crippen MR) is 51.5 cm³/mol. The molecule has 0 aliphatic carbocycles. The number of carbonyl (C=O) groups is 1. The third-order valence-corrected chi connectivity index (χ3v) is 2.04. The third kappa shape index (κ3) is 2.56. The van der Waals surface area contributed by atoms with Crippen LogP contribution >= 0.6 is 0 Å². The van der Waals surface area contributed by atoms with Crippen LogP contribution in [0.4, 0.5) is 0 Å². The van der Waals surface area contributed by atoms with Gasteiger partial charge in [0.2, 0.25) is 0 Å². The van der Waals surface area contributed by atoms with Gasteiger partial charge in [0.1, 0.15) is 11.9 Å². The van der Waals surface area contributed by atoms with Gasteiger partial charge in [-0.2, -0.15) is 0 Å². The Kier molecular flexibility index (Phi) is 3.64. The molecule has 0 bridgehead atoms. The van der Waals surface area contributed by atoms with Crippen molar-refractivity contribution in [2.24, 2.45) is 7.05 Å². The first-order valence-corrected chi connectivity index (χ1v) is 4.42. The lowest BCUT2D eigenvalue weighted by Gasteiger charge is -2.10. The summed E-state index contributed by atoms with van der Waals surface area (Å²) >= 11 is 0. The van der Waals surface area contributed by atoms with E-state index in [1.165, 1.54) is 7.11 Å². The minimum atomic E-state index is -0.309. The van der Waals surface area contributed by atoms with Crippen LogP contribution in [-0.2, 0) is 23.1 Å². The molecule has 5 nitrogen and oxygen atoms in total. The van der Waals surface area contributed by atoms with Crippen LogP contribution in [-0.4, -0.2) is 28.7 Å². The number of carbonyl (C=O) groups excluding carboxylic acids is 1. The largest absolute Gasteiger partial charge is 0.468 e. The van der Waals surface area contributed by atoms with E-state index in [1.54, 1.807) is 13.1 Å². The second kappa shape index (κ2) is 4.76. The third-order valence-electron chi connectivity index (χ3n) is 2.04. The molecule has 0 aliphatic rings. The maximum Gasteiger partial charge on any atom is 0.322 e. The van der Waals surface area contributed by atoms with Crippen molar-refractivity contribution in [1.29, 1.82) is 0 Å². The first kappa shape index (κ1) is 10.7. The lowest BCUT2D eigenvalue weighted by Crippen LogP contribution is -2.34. The molecule has 1 rings (SSSR count). The van der Waals surface area contributed by atoms with Crippen LogP contribution in [0.2, 0.25) is 0 Å². The lowest BCUT2D eigenvalue weighted by molar-refractivity contribution is -0.142. The first-order chi connectivity index (χ1) is 6.65. The first-order valence-electron chi connectivity index (χ1n) is 4.42. The van der Waals surface area contributed by atoms with Crippen LogP contribution in [0.25, 0.3) is 0 Å². The topological polar surface area (TPSA) is 56.1 Å². The molecule has 0 aliphatic heterocycles. The van der Waals surface area contributed by atoms with Crippen LogP contribution < -0.4 is 5.32 Å². The Bertz CT molecular complexity index is 309. The van der Waals surface area contributed by atoms with E-state index < -0.39 is 0 Å². The predicted octanol–water partition coefficient (Wildman–Crippen LogP) is 0.0712. The molecule has 1 aromatic rings. The molecular formula is C9H15N3O2. The van der Waals surface area contributed by atoms with Gasteiger partial charge in [0.25, 0.3) is 0 Å². The fraction of sp³-hybridized carbons (Fsp3) is 0.556. The molecule has 0 fully saturated rings. The number of methoxy groups -OCH3 is 1. The average molecular weight is 197 g/mol. The van der Waals surface area contributed by atoms with Crippen LogP contribution in [0.15, 0.2) is 12.4 Å². The molecule has 1 unspecified atom stereocenters. The lowest BCUT2D eigenvalue weighted by atomic mass is 10.3. The summed E-state index contributed by atoms with van der Waals surface area (Å²) in [7, 11) is 3.29. The number of imidazole rings is 1. The Balaban J connectivity index is 2.41. The fourth-order valence-corrected chi connectivity index (χ4v) is 1.07. The highest BCUT2D eigenvalue weighted by molar-refractivity contribution is 5.74. The van der Waals surface area contributed by atoms with Crippen LogP contribution in [0, 0.1) is 0 Å². The van der Waals surface area contributed by atoms with E-state index in [4.69, 9.17) is 0 Å². The van der Waals surface area contributed by atoms with E-state index in [0.717, 1.165) is 5.82 Å². The molecule has 0 aromatic carbocycles. The van der Waals surface area contributed by atoms with Gasteiger partial charge in [0, 0.05) is 19.4 Å². The molecule has 0 saturated carbocycles. The number of nitrogens with zero attached hydrogens (tertiary/aromatic N) is 2. The summed E-state index contributed by atoms with van der Waals surface area (Å²) in [6.07, 6.45) is 3.58. The van der Waals surface area contributed by atoms with E-state index in [0.29, 0.717) is 6.54 Å². The summed E-state index contributed by atoms with van der Waals surface area (Å²) in [4.78, 5) is 15.2. The quantitative estimate of drug-likeness (QED) is 0.694. The molecule has 5 heteroatoms. The summed E-state index contributed by atoms with van der Waals surface area (Å²) in [6.45, 7) is 2.31. The molecule has 1 N–H and O–H groups in total. The Labute approximate surface area is 83.1 Å². The van der Waals surface area contributed by atoms with Gasteiger partial charge in [-0.05, 0) is 6.92 Å². The second-order valence-corrected chi connectivity index (χ2v) is 3.08. The molecule has 1 aromatic heterocycles. The monoisotopic (exact) mass is 197 g/mol. The highest BCUT2D eigenvalue weighted by Gasteiger charge is 2.12. The van der Waals surface area contributed by atoms with Crippen molar-refractivity contribution < 1.29 is 9.53 Å². The zero-order chi connectivity index (χ0) is 10.6. The van der Waals surface area contributed by atoms with E-state index in [9.17, 15) is 4.79 Å². The Morgan fingerprint density at radius 2 is 2.50 bits per heavy atom. The zero-order valence-corrected chi connectivity index (χ0v) is 8.65. The Hall–Kier alpha value is -1.36. The maximum atomic E-state index is 11.0. The standard InChI is InChI=1S/C9H15N3O2/c1-7(9(13)14-3)11-6-8-10-4-5-12(8)2/h4-5,7,11H,6H2,1-3H3. The number of hydrogen-bond donors (Lipinski definition) is 1. The summed E-state index contributed by atoms with van der Waals surface area (Å²) in [6, 6.07) is -0.309. The number of nitrogens with one attached hydrogen (secondary N) is 1. The number of rotatable bonds is 4. The maximum absolute atomic E-state index is 11.0. The van der Waals surface area contributed by atoms with Gasteiger partial charge in [0.15, 0.2) is 0 Å². The highest BCUT2D eigenvalue weighted by atomic mass is 16.5. The minimum Gasteiger partial charge on any atom is -0.468 e. The van der Waals surface area contributed by atoms with Gasteiger partial charge in [-0.25, -0.2) is 4.98 Å². The fourth-order valence-electron chi connectivity index (χ4n) is 1.07. The summed E-state index contributed by atoms with van der Waals surface area (Å²) in [5.74, 6) is 0.625. The van der Waals surface area contributed by atoms with Gasteiger partial charge < -0.3 is 9.30 Å². The molecule has 0 radical (unpaired) electrons. The van der Waals surface area contributed by atoms with Gasteiger partial charge in [0.05, 0.1) is 13.7 Å². The van der Waals surface area contributed by atoms with Crippen molar-refractivity contribution in [2.45, 2.75) is 19.5 Å². The van der Waals surface area contributed by atoms with Crippen molar-refractivity contribution in [2.75, 3.05) is 7.11 Å². The van der Waals surface area contributed by atoms with Gasteiger partial charge in [-0.3, -0.25) is 10.1 Å². The molecule has 1 heterocycles. The van der Waals surface area contributed by atoms with Crippen molar-refractivity contribution in [1.82, 2.24) is 14.9 Å². The molecule has 78 valence electrons. The van der Waals surface area contributed by atoms with Crippen molar-refractivity contribution in [3.8, 4) is 0 Å². The molecule has 0 saturated heterocycles. The number of hydrogen-bond acceptors (Lipinski definition) is 4. The van der Waals surface area contributed by atoms with E-state index in [2.05, 4.69) is 15.0 Å². The van der Waals surface area contributed by atoms with Crippen molar-refractivity contribution >= 4 is 5.97 Å². The molecule has 0 spiro atoms. The molecular weight excluding hydrogens is 182 g/mol. The van der Waals surface area contributed by atoms with Gasteiger partial charge in [-0.15, -0.1) is 0 Å². The van der Waals surface area contributed by atoms with Crippen LogP contribution in [0.5, 0.6) is 0 Å². The van der Waals surface area contributed by atoms with Crippen molar-refractivity contribution in [3.63, 3.8) is 0 Å². The highest BCUT2D eigenvalue weighted by Crippen LogP contribution is 1.95. The zero-order valence-electron chi connectivity index (χ0n) is 8.65. The normalized spacial score (nSPS) is 12.5. The van der Waals surface area contributed by atoms with Gasteiger partial charge in [-0.1, -0.05) is 0 Å². The Morgan fingerprint density at radius 1 is 1.79 bits per heavy atom. The summed E-state index contributed by atoms with van der Waals surface area (Å²) < 4.78 is 6.48. The summed E-state index contributed by atoms with van der Waals surface area (Å²) in [5.41, 5.74) is 0. The van der Waals surface area contributed by atoms with E-state index in [1.807, 2.05) is 17.8 Å². The number of ether oxygens (including phenoxy) is 1. The molecule has 14 heavy (non-hydrogen) atoms. The number of aromatic nitrogens is 2. The van der Waals surface area contributed by atoms with Crippen LogP contribution in [0.1, 0.15) is 12.7 Å². The Morgan fingerprint density at radius 3 is 3.00 bits per heavy atom. The smallest absolute Gasteiger partial charge is 0.322 e. The average Bonchev–Trinajstić information content (AvgIpc) is 2.59. The molecule has 0 amide bonds. The SMILES string of the molecule is COC(=O)C(C)NCc1nccn1C. The van der Waals surface area contributed by atoms with Gasteiger partial charge >= 0.3 is 5.97 Å².